The highest BCUT2D eigenvalue weighted by Gasteiger charge is 2.54. The molecule has 1 N–H and O–H groups in total. The third kappa shape index (κ3) is 2.35. The molecule has 0 aromatic rings. The summed E-state index contributed by atoms with van der Waals surface area (Å²) in [6, 6.07) is 0.974. The molecule has 108 valence electrons. The van der Waals surface area contributed by atoms with Crippen LogP contribution in [0.1, 0.15) is 57.8 Å². The average molecular weight is 262 g/mol. The Hall–Kier alpha value is -0.0800. The molecule has 2 heteroatoms. The lowest BCUT2D eigenvalue weighted by molar-refractivity contribution is 0.169. The molecule has 0 amide bonds. The fraction of sp³-hybridized carbons (Fsp3) is 1.00. The highest BCUT2D eigenvalue weighted by atomic mass is 15.2. The molecular weight excluding hydrogens is 232 g/mol. The molecular formula is C17H30N2. The molecule has 2 nitrogen and oxygen atoms in total. The molecule has 4 fully saturated rings. The van der Waals surface area contributed by atoms with Gasteiger partial charge in [0.2, 0.25) is 0 Å². The second kappa shape index (κ2) is 5.04. The second-order valence-electron chi connectivity index (χ2n) is 7.76. The lowest BCUT2D eigenvalue weighted by Crippen LogP contribution is -2.38. The molecule has 2 atom stereocenters. The average Bonchev–Trinajstić information content (AvgIpc) is 2.88. The van der Waals surface area contributed by atoms with E-state index in [0.29, 0.717) is 0 Å². The third-order valence-corrected chi connectivity index (χ3v) is 6.77. The van der Waals surface area contributed by atoms with E-state index in [-0.39, 0.29) is 0 Å². The van der Waals surface area contributed by atoms with Crippen LogP contribution in [0.25, 0.3) is 0 Å². The van der Waals surface area contributed by atoms with Gasteiger partial charge in [-0.3, -0.25) is 4.90 Å². The summed E-state index contributed by atoms with van der Waals surface area (Å²) in [5.74, 6) is 2.11. The molecule has 1 spiro atoms. The zero-order valence-corrected chi connectivity index (χ0v) is 12.4. The van der Waals surface area contributed by atoms with E-state index in [1.807, 2.05) is 0 Å². The van der Waals surface area contributed by atoms with Crippen LogP contribution in [-0.4, -0.2) is 37.1 Å². The zero-order chi connectivity index (χ0) is 12.7. The van der Waals surface area contributed by atoms with Crippen molar-refractivity contribution in [2.75, 3.05) is 26.2 Å². The van der Waals surface area contributed by atoms with Gasteiger partial charge in [0.25, 0.3) is 0 Å². The Balaban J connectivity index is 1.35. The molecule has 2 aliphatic carbocycles. The van der Waals surface area contributed by atoms with Crippen molar-refractivity contribution in [2.24, 2.45) is 17.3 Å². The van der Waals surface area contributed by atoms with Crippen molar-refractivity contribution >= 4 is 0 Å². The summed E-state index contributed by atoms with van der Waals surface area (Å²) >= 11 is 0. The van der Waals surface area contributed by atoms with Gasteiger partial charge in [-0.2, -0.15) is 0 Å². The van der Waals surface area contributed by atoms with Crippen LogP contribution in [-0.2, 0) is 0 Å². The quantitative estimate of drug-likeness (QED) is 0.841. The van der Waals surface area contributed by atoms with Gasteiger partial charge in [0.1, 0.15) is 0 Å². The molecule has 19 heavy (non-hydrogen) atoms. The largest absolute Gasteiger partial charge is 0.317 e. The van der Waals surface area contributed by atoms with Crippen LogP contribution in [0.3, 0.4) is 0 Å². The summed E-state index contributed by atoms with van der Waals surface area (Å²) in [7, 11) is 0. The first-order chi connectivity index (χ1) is 9.37. The Morgan fingerprint density at radius 3 is 2.58 bits per heavy atom. The van der Waals surface area contributed by atoms with Crippen LogP contribution in [0.5, 0.6) is 0 Å². The fourth-order valence-electron chi connectivity index (χ4n) is 5.46. The van der Waals surface area contributed by atoms with Crippen LogP contribution in [0.15, 0.2) is 0 Å². The van der Waals surface area contributed by atoms with Gasteiger partial charge >= 0.3 is 0 Å². The number of hydrogen-bond acceptors (Lipinski definition) is 2. The molecule has 0 aromatic heterocycles. The van der Waals surface area contributed by atoms with Gasteiger partial charge < -0.3 is 5.32 Å². The molecule has 2 saturated heterocycles. The Morgan fingerprint density at radius 2 is 1.79 bits per heavy atom. The van der Waals surface area contributed by atoms with Crippen molar-refractivity contribution < 1.29 is 0 Å². The van der Waals surface area contributed by atoms with E-state index in [0.717, 1.165) is 23.3 Å². The van der Waals surface area contributed by atoms with E-state index in [4.69, 9.17) is 0 Å². The van der Waals surface area contributed by atoms with Crippen molar-refractivity contribution in [3.8, 4) is 0 Å². The first-order valence-electron chi connectivity index (χ1n) is 8.82. The normalized spacial score (nSPS) is 39.2. The Bertz CT molecular complexity index is 315. The van der Waals surface area contributed by atoms with Crippen LogP contribution in [0.2, 0.25) is 0 Å². The smallest absolute Gasteiger partial charge is 0.0124 e. The SMILES string of the molecule is C1CCC(C2CCCN2CC2CC23CCNCC3)C1. The van der Waals surface area contributed by atoms with E-state index in [2.05, 4.69) is 10.2 Å². The number of nitrogens with one attached hydrogen (secondary N) is 1. The van der Waals surface area contributed by atoms with E-state index in [9.17, 15) is 0 Å². The van der Waals surface area contributed by atoms with Gasteiger partial charge in [-0.1, -0.05) is 12.8 Å². The van der Waals surface area contributed by atoms with Gasteiger partial charge in [-0.05, 0) is 81.8 Å². The molecule has 0 aromatic carbocycles. The van der Waals surface area contributed by atoms with Crippen molar-refractivity contribution in [2.45, 2.75) is 63.8 Å². The summed E-state index contributed by atoms with van der Waals surface area (Å²) in [4.78, 5) is 2.91. The number of rotatable bonds is 3. The Labute approximate surface area is 118 Å². The Kier molecular flexibility index (Phi) is 3.35. The standard InChI is InChI=1S/C17H30N2/c1-2-5-14(4-1)16-6-3-11-19(16)13-15-12-17(15)7-9-18-10-8-17/h14-16,18H,1-13H2. The van der Waals surface area contributed by atoms with E-state index >= 15 is 0 Å². The summed E-state index contributed by atoms with van der Waals surface area (Å²) in [6.45, 7) is 5.41. The molecule has 0 bridgehead atoms. The molecule has 0 radical (unpaired) electrons. The number of piperidine rings is 1. The van der Waals surface area contributed by atoms with Crippen LogP contribution >= 0.6 is 0 Å². The lowest BCUT2D eigenvalue weighted by Gasteiger charge is -2.31. The van der Waals surface area contributed by atoms with Crippen molar-refractivity contribution in [1.82, 2.24) is 10.2 Å². The fourth-order valence-corrected chi connectivity index (χ4v) is 5.46. The second-order valence-corrected chi connectivity index (χ2v) is 7.76. The third-order valence-electron chi connectivity index (χ3n) is 6.77. The number of likely N-dealkylation sites (tertiary alicyclic amines) is 1. The van der Waals surface area contributed by atoms with Crippen molar-refractivity contribution in [3.63, 3.8) is 0 Å². The molecule has 2 saturated carbocycles. The first kappa shape index (κ1) is 12.6. The van der Waals surface area contributed by atoms with Gasteiger partial charge in [0.05, 0.1) is 0 Å². The number of hydrogen-bond donors (Lipinski definition) is 1. The van der Waals surface area contributed by atoms with E-state index < -0.39 is 0 Å². The molecule has 4 rings (SSSR count). The van der Waals surface area contributed by atoms with Gasteiger partial charge in [-0.15, -0.1) is 0 Å². The predicted molar refractivity (Wildman–Crippen MR) is 79.2 cm³/mol. The highest BCUT2D eigenvalue weighted by molar-refractivity contribution is 5.06. The highest BCUT2D eigenvalue weighted by Crippen LogP contribution is 2.59. The maximum absolute atomic E-state index is 3.53. The summed E-state index contributed by atoms with van der Waals surface area (Å²) in [5, 5.41) is 3.53. The maximum atomic E-state index is 3.53. The number of nitrogens with zero attached hydrogens (tertiary/aromatic N) is 1. The molecule has 4 aliphatic rings. The Morgan fingerprint density at radius 1 is 1.00 bits per heavy atom. The van der Waals surface area contributed by atoms with Crippen LogP contribution < -0.4 is 5.32 Å². The van der Waals surface area contributed by atoms with Gasteiger partial charge in [0.15, 0.2) is 0 Å². The minimum atomic E-state index is 0.786. The van der Waals surface area contributed by atoms with E-state index in [1.165, 1.54) is 77.5 Å². The molecule has 2 aliphatic heterocycles. The summed E-state index contributed by atoms with van der Waals surface area (Å²) in [5.41, 5.74) is 0.786. The van der Waals surface area contributed by atoms with Gasteiger partial charge in [-0.25, -0.2) is 0 Å². The van der Waals surface area contributed by atoms with Crippen LogP contribution in [0.4, 0.5) is 0 Å². The summed E-state index contributed by atoms with van der Waals surface area (Å²) in [6.07, 6.45) is 13.5. The summed E-state index contributed by atoms with van der Waals surface area (Å²) < 4.78 is 0. The first-order valence-corrected chi connectivity index (χ1v) is 8.82. The molecule has 2 unspecified atom stereocenters. The minimum absolute atomic E-state index is 0.786. The van der Waals surface area contributed by atoms with Crippen molar-refractivity contribution in [3.05, 3.63) is 0 Å². The maximum Gasteiger partial charge on any atom is 0.0124 e. The lowest BCUT2D eigenvalue weighted by atomic mass is 9.91. The van der Waals surface area contributed by atoms with Crippen molar-refractivity contribution in [1.29, 1.82) is 0 Å². The monoisotopic (exact) mass is 262 g/mol. The van der Waals surface area contributed by atoms with Crippen LogP contribution in [0, 0.1) is 17.3 Å². The zero-order valence-electron chi connectivity index (χ0n) is 12.4. The van der Waals surface area contributed by atoms with Gasteiger partial charge in [0, 0.05) is 12.6 Å². The minimum Gasteiger partial charge on any atom is -0.317 e. The molecule has 2 heterocycles. The van der Waals surface area contributed by atoms with E-state index in [1.54, 1.807) is 6.42 Å². The topological polar surface area (TPSA) is 15.3 Å². The predicted octanol–water partition coefficient (Wildman–Crippen LogP) is 3.03.